The first kappa shape index (κ1) is 16.0. The second-order valence-corrected chi connectivity index (χ2v) is 4.33. The van der Waals surface area contributed by atoms with Gasteiger partial charge in [0.05, 0.1) is 13.2 Å². The van der Waals surface area contributed by atoms with Gasteiger partial charge in [-0.2, -0.15) is 0 Å². The summed E-state index contributed by atoms with van der Waals surface area (Å²) in [5, 5.41) is 11.8. The number of esters is 1. The molecule has 6 nitrogen and oxygen atoms in total. The molecule has 0 aromatic heterocycles. The highest BCUT2D eigenvalue weighted by molar-refractivity contribution is 5.90. The van der Waals surface area contributed by atoms with E-state index in [1.165, 1.54) is 7.11 Å². The third-order valence-electron chi connectivity index (χ3n) is 2.51. The van der Waals surface area contributed by atoms with E-state index in [-0.39, 0.29) is 18.9 Å². The zero-order valence-electron chi connectivity index (χ0n) is 11.6. The molecule has 0 bridgehead atoms. The van der Waals surface area contributed by atoms with Gasteiger partial charge in [0, 0.05) is 12.1 Å². The van der Waals surface area contributed by atoms with E-state index < -0.39 is 12.1 Å². The average Bonchev–Trinajstić information content (AvgIpc) is 2.44. The lowest BCUT2D eigenvalue weighted by atomic mass is 10.2. The largest absolute Gasteiger partial charge is 0.482 e. The molecule has 1 rings (SSSR count). The minimum atomic E-state index is -0.491. The molecule has 0 saturated heterocycles. The van der Waals surface area contributed by atoms with Crippen LogP contribution in [0.5, 0.6) is 5.75 Å². The van der Waals surface area contributed by atoms with Crippen molar-refractivity contribution < 1.29 is 24.2 Å². The van der Waals surface area contributed by atoms with E-state index >= 15 is 0 Å². The minimum Gasteiger partial charge on any atom is -0.482 e. The number of anilines is 1. The predicted molar refractivity (Wildman–Crippen MR) is 73.5 cm³/mol. The molecule has 6 heteroatoms. The highest BCUT2D eigenvalue weighted by Crippen LogP contribution is 2.16. The van der Waals surface area contributed by atoms with Gasteiger partial charge >= 0.3 is 5.97 Å². The van der Waals surface area contributed by atoms with Crippen LogP contribution in [0.2, 0.25) is 0 Å². The van der Waals surface area contributed by atoms with Crippen LogP contribution in [0.15, 0.2) is 24.3 Å². The van der Waals surface area contributed by atoms with Crippen molar-refractivity contribution >= 4 is 17.6 Å². The van der Waals surface area contributed by atoms with Crippen LogP contribution >= 0.6 is 0 Å². The molecule has 110 valence electrons. The van der Waals surface area contributed by atoms with E-state index in [4.69, 9.17) is 9.84 Å². The molecule has 1 unspecified atom stereocenters. The highest BCUT2D eigenvalue weighted by Gasteiger charge is 2.05. The standard InChI is InChI=1S/C14H19NO5/c1-10(16)3-8-13(17)15-11-4-6-12(7-5-11)20-9-14(18)19-2/h4-7,10,16H,3,8-9H2,1-2H3,(H,15,17). The summed E-state index contributed by atoms with van der Waals surface area (Å²) in [6, 6.07) is 6.64. The third kappa shape index (κ3) is 6.19. The number of rotatable bonds is 7. The first-order valence-electron chi connectivity index (χ1n) is 6.29. The zero-order chi connectivity index (χ0) is 15.0. The number of hydrogen-bond acceptors (Lipinski definition) is 5. The van der Waals surface area contributed by atoms with Crippen LogP contribution in [-0.2, 0) is 14.3 Å². The molecule has 1 amide bonds. The summed E-state index contributed by atoms with van der Waals surface area (Å²) in [5.41, 5.74) is 0.631. The van der Waals surface area contributed by atoms with Crippen LogP contribution in [0.1, 0.15) is 19.8 Å². The predicted octanol–water partition coefficient (Wildman–Crippen LogP) is 1.34. The molecule has 0 spiro atoms. The lowest BCUT2D eigenvalue weighted by molar-refractivity contribution is -0.142. The van der Waals surface area contributed by atoms with Crippen molar-refractivity contribution in [2.24, 2.45) is 0 Å². The van der Waals surface area contributed by atoms with Crippen LogP contribution in [0.3, 0.4) is 0 Å². The second kappa shape index (κ2) is 8.16. The molecule has 1 aromatic rings. The number of amides is 1. The molecule has 1 atom stereocenters. The van der Waals surface area contributed by atoms with E-state index in [2.05, 4.69) is 10.1 Å². The van der Waals surface area contributed by atoms with Gasteiger partial charge in [0.1, 0.15) is 5.75 Å². The van der Waals surface area contributed by atoms with Crippen LogP contribution in [-0.4, -0.2) is 36.8 Å². The number of aliphatic hydroxyl groups is 1. The van der Waals surface area contributed by atoms with Crippen molar-refractivity contribution in [1.29, 1.82) is 0 Å². The average molecular weight is 281 g/mol. The van der Waals surface area contributed by atoms with E-state index in [9.17, 15) is 9.59 Å². The summed E-state index contributed by atoms with van der Waals surface area (Å²) in [5.74, 6) is -0.105. The molecular formula is C14H19NO5. The maximum absolute atomic E-state index is 11.5. The fourth-order valence-corrected chi connectivity index (χ4v) is 1.40. The Balaban J connectivity index is 2.42. The maximum Gasteiger partial charge on any atom is 0.343 e. The highest BCUT2D eigenvalue weighted by atomic mass is 16.6. The molecule has 2 N–H and O–H groups in total. The van der Waals surface area contributed by atoms with E-state index in [1.807, 2.05) is 0 Å². The molecule has 0 saturated carbocycles. The van der Waals surface area contributed by atoms with Crippen molar-refractivity contribution in [2.75, 3.05) is 19.0 Å². The van der Waals surface area contributed by atoms with Gasteiger partial charge in [0.25, 0.3) is 0 Å². The minimum absolute atomic E-state index is 0.156. The molecule has 1 aromatic carbocycles. The van der Waals surface area contributed by atoms with E-state index in [1.54, 1.807) is 31.2 Å². The zero-order valence-corrected chi connectivity index (χ0v) is 11.6. The third-order valence-corrected chi connectivity index (χ3v) is 2.51. The van der Waals surface area contributed by atoms with Gasteiger partial charge in [-0.1, -0.05) is 0 Å². The monoisotopic (exact) mass is 281 g/mol. The van der Waals surface area contributed by atoms with Gasteiger partial charge in [-0.25, -0.2) is 4.79 Å². The molecule has 0 fully saturated rings. The molecule has 0 radical (unpaired) electrons. The van der Waals surface area contributed by atoms with Crippen molar-refractivity contribution in [3.8, 4) is 5.75 Å². The number of carbonyl (C=O) groups is 2. The molecule has 0 aliphatic carbocycles. The first-order valence-corrected chi connectivity index (χ1v) is 6.29. The van der Waals surface area contributed by atoms with Crippen LogP contribution in [0.25, 0.3) is 0 Å². The van der Waals surface area contributed by atoms with Gasteiger partial charge in [-0.05, 0) is 37.6 Å². The van der Waals surface area contributed by atoms with Gasteiger partial charge in [-0.15, -0.1) is 0 Å². The maximum atomic E-state index is 11.5. The Morgan fingerprint density at radius 1 is 1.30 bits per heavy atom. The van der Waals surface area contributed by atoms with Gasteiger partial charge in [0.2, 0.25) is 5.91 Å². The molecule has 0 heterocycles. The summed E-state index contributed by atoms with van der Waals surface area (Å²) in [4.78, 5) is 22.4. The lowest BCUT2D eigenvalue weighted by Gasteiger charge is -2.08. The Morgan fingerprint density at radius 2 is 1.95 bits per heavy atom. The summed E-state index contributed by atoms with van der Waals surface area (Å²) in [6.07, 6.45) is 0.194. The van der Waals surface area contributed by atoms with Gasteiger partial charge in [0.15, 0.2) is 6.61 Å². The second-order valence-electron chi connectivity index (χ2n) is 4.33. The number of methoxy groups -OCH3 is 1. The van der Waals surface area contributed by atoms with E-state index in [0.717, 1.165) is 0 Å². The number of hydrogen-bond donors (Lipinski definition) is 2. The quantitative estimate of drug-likeness (QED) is 0.737. The Hall–Kier alpha value is -2.08. The van der Waals surface area contributed by atoms with Crippen molar-refractivity contribution in [3.05, 3.63) is 24.3 Å². The van der Waals surface area contributed by atoms with Crippen molar-refractivity contribution in [3.63, 3.8) is 0 Å². The Morgan fingerprint density at radius 3 is 2.50 bits per heavy atom. The topological polar surface area (TPSA) is 84.9 Å². The normalized spacial score (nSPS) is 11.6. The van der Waals surface area contributed by atoms with Crippen molar-refractivity contribution in [1.82, 2.24) is 0 Å². The van der Waals surface area contributed by atoms with Crippen LogP contribution in [0, 0.1) is 0 Å². The van der Waals surface area contributed by atoms with Gasteiger partial charge in [-0.3, -0.25) is 4.79 Å². The molecular weight excluding hydrogens is 262 g/mol. The Kier molecular flexibility index (Phi) is 6.52. The smallest absolute Gasteiger partial charge is 0.343 e. The molecule has 0 aliphatic heterocycles. The number of carbonyl (C=O) groups excluding carboxylic acids is 2. The van der Waals surface area contributed by atoms with Crippen LogP contribution in [0.4, 0.5) is 5.69 Å². The first-order chi connectivity index (χ1) is 9.51. The SMILES string of the molecule is COC(=O)COc1ccc(NC(=O)CCC(C)O)cc1. The Labute approximate surface area is 117 Å². The fraction of sp³-hybridized carbons (Fsp3) is 0.429. The summed E-state index contributed by atoms with van der Waals surface area (Å²) in [6.45, 7) is 1.48. The van der Waals surface area contributed by atoms with Gasteiger partial charge < -0.3 is 19.9 Å². The summed E-state index contributed by atoms with van der Waals surface area (Å²) < 4.78 is 9.63. The number of benzene rings is 1. The number of ether oxygens (including phenoxy) is 2. The molecule has 0 aliphatic rings. The summed E-state index contributed by atoms with van der Waals surface area (Å²) in [7, 11) is 1.29. The number of aliphatic hydroxyl groups excluding tert-OH is 1. The molecule has 20 heavy (non-hydrogen) atoms. The summed E-state index contributed by atoms with van der Waals surface area (Å²) >= 11 is 0. The van der Waals surface area contributed by atoms with Crippen molar-refractivity contribution in [2.45, 2.75) is 25.9 Å². The van der Waals surface area contributed by atoms with E-state index in [0.29, 0.717) is 17.9 Å². The van der Waals surface area contributed by atoms with Crippen LogP contribution < -0.4 is 10.1 Å². The fourth-order valence-electron chi connectivity index (χ4n) is 1.40. The lowest BCUT2D eigenvalue weighted by Crippen LogP contribution is -2.14. The Bertz CT molecular complexity index is 441. The number of nitrogens with one attached hydrogen (secondary N) is 1.